The van der Waals surface area contributed by atoms with Crippen LogP contribution in [0.3, 0.4) is 0 Å². The van der Waals surface area contributed by atoms with E-state index in [1.807, 2.05) is 32.9 Å². The van der Waals surface area contributed by atoms with Crippen LogP contribution in [-0.2, 0) is 4.79 Å². The summed E-state index contributed by atoms with van der Waals surface area (Å²) in [5, 5.41) is 7.14. The fourth-order valence-corrected chi connectivity index (χ4v) is 5.85. The van der Waals surface area contributed by atoms with Gasteiger partial charge in [0.05, 0.1) is 23.2 Å². The first-order chi connectivity index (χ1) is 21.3. The summed E-state index contributed by atoms with van der Waals surface area (Å²) >= 11 is 1.15. The molecule has 3 aromatic carbocycles. The normalized spacial score (nSPS) is 15.8. The number of alkyl halides is 4. The van der Waals surface area contributed by atoms with Gasteiger partial charge in [-0.15, -0.1) is 18.3 Å². The van der Waals surface area contributed by atoms with Gasteiger partial charge in [-0.3, -0.25) is 9.69 Å². The number of benzene rings is 3. The molecule has 0 aliphatic carbocycles. The molecule has 9 nitrogen and oxygen atoms in total. The summed E-state index contributed by atoms with van der Waals surface area (Å²) < 4.78 is 57.9. The molecule has 1 N–H and O–H groups in total. The first-order valence-corrected chi connectivity index (χ1v) is 14.7. The highest BCUT2D eigenvalue weighted by molar-refractivity contribution is 8.15. The van der Waals surface area contributed by atoms with Crippen molar-refractivity contribution in [3.8, 4) is 22.8 Å². The van der Waals surface area contributed by atoms with Gasteiger partial charge in [0.25, 0.3) is 0 Å². The van der Waals surface area contributed by atoms with Crippen molar-refractivity contribution in [2.24, 2.45) is 4.99 Å². The number of hydrogen-bond acceptors (Lipinski definition) is 6. The van der Waals surface area contributed by atoms with Crippen molar-refractivity contribution in [3.05, 3.63) is 89.2 Å². The monoisotopic (exact) mass is 640 g/mol. The number of anilines is 1. The Balaban J connectivity index is 1.23. The van der Waals surface area contributed by atoms with Crippen molar-refractivity contribution in [1.29, 1.82) is 0 Å². The number of amides is 3. The largest absolute Gasteiger partial charge is 0.573 e. The second-order valence-electron chi connectivity index (χ2n) is 10.5. The highest BCUT2D eigenvalue weighted by atomic mass is 32.2. The van der Waals surface area contributed by atoms with Gasteiger partial charge in [-0.05, 0) is 68.7 Å². The number of amidine groups is 1. The highest BCUT2D eigenvalue weighted by Gasteiger charge is 2.33. The van der Waals surface area contributed by atoms with Crippen LogP contribution in [0.1, 0.15) is 35.3 Å². The summed E-state index contributed by atoms with van der Waals surface area (Å²) in [4.78, 5) is 35.3. The Kier molecular flexibility index (Phi) is 8.96. The lowest BCUT2D eigenvalue weighted by Crippen LogP contribution is -2.36. The third-order valence-electron chi connectivity index (χ3n) is 6.93. The van der Waals surface area contributed by atoms with Crippen LogP contribution in [0.25, 0.3) is 17.1 Å². The number of carbonyl (C=O) groups is 2. The first-order valence-electron chi connectivity index (χ1n) is 13.7. The molecule has 0 radical (unpaired) electrons. The molecule has 45 heavy (non-hydrogen) atoms. The average molecular weight is 641 g/mol. The molecule has 1 fully saturated rings. The van der Waals surface area contributed by atoms with E-state index in [1.165, 1.54) is 47.1 Å². The maximum atomic E-state index is 15.4. The summed E-state index contributed by atoms with van der Waals surface area (Å²) in [6.45, 7) is 7.27. The molecule has 234 valence electrons. The predicted octanol–water partition coefficient (Wildman–Crippen LogP) is 7.00. The molecule has 2 atom stereocenters. The van der Waals surface area contributed by atoms with E-state index in [-0.39, 0.29) is 22.6 Å². The standard InChI is InChI=1S/C31H28F4N6O3S/c1-17-13-18(2)27(19(3)14-17)41-25(42)15-45-30(41)38-29(43)37-20(4)26(32)21-5-7-22(8-6-21)28-36-16-40(39-28)23-9-11-24(12-10-23)44-31(33,34)35/h5-14,16,20,26H,15H2,1-4H3,(H,37,43)/b38-30-. The summed E-state index contributed by atoms with van der Waals surface area (Å²) in [6, 6.07) is 13.7. The summed E-state index contributed by atoms with van der Waals surface area (Å²) in [5.74, 6) is -0.0893. The van der Waals surface area contributed by atoms with Crippen molar-refractivity contribution in [2.75, 3.05) is 10.7 Å². The van der Waals surface area contributed by atoms with E-state index in [4.69, 9.17) is 0 Å². The quantitative estimate of drug-likeness (QED) is 0.218. The molecular formula is C31H28F4N6O3S. The summed E-state index contributed by atoms with van der Waals surface area (Å²) in [5.41, 5.74) is 4.85. The van der Waals surface area contributed by atoms with Gasteiger partial charge in [0.15, 0.2) is 11.0 Å². The van der Waals surface area contributed by atoms with Crippen molar-refractivity contribution < 1.29 is 31.9 Å². The Morgan fingerprint density at radius 3 is 2.31 bits per heavy atom. The number of aromatic nitrogens is 3. The fourth-order valence-electron chi connectivity index (χ4n) is 5.00. The number of urea groups is 1. The van der Waals surface area contributed by atoms with Crippen LogP contribution >= 0.6 is 11.8 Å². The average Bonchev–Trinajstić information content (AvgIpc) is 3.59. The van der Waals surface area contributed by atoms with E-state index in [1.54, 1.807) is 24.3 Å². The topological polar surface area (TPSA) is 102 Å². The van der Waals surface area contributed by atoms with Crippen molar-refractivity contribution in [2.45, 2.75) is 46.3 Å². The second-order valence-corrected chi connectivity index (χ2v) is 11.4. The minimum atomic E-state index is -4.79. The zero-order chi connectivity index (χ0) is 32.5. The molecule has 4 aromatic rings. The minimum absolute atomic E-state index is 0.142. The van der Waals surface area contributed by atoms with Gasteiger partial charge in [-0.1, -0.05) is 53.7 Å². The van der Waals surface area contributed by atoms with Gasteiger partial charge in [-0.25, -0.2) is 18.9 Å². The number of hydrogen-bond donors (Lipinski definition) is 1. The zero-order valence-corrected chi connectivity index (χ0v) is 25.4. The molecule has 5 rings (SSSR count). The van der Waals surface area contributed by atoms with E-state index < -0.39 is 24.6 Å². The lowest BCUT2D eigenvalue weighted by Gasteiger charge is -2.22. The molecule has 0 saturated carbocycles. The molecule has 14 heteroatoms. The molecule has 1 aliphatic heterocycles. The smallest absolute Gasteiger partial charge is 0.406 e. The van der Waals surface area contributed by atoms with E-state index >= 15 is 4.39 Å². The van der Waals surface area contributed by atoms with Crippen LogP contribution in [0, 0.1) is 20.8 Å². The van der Waals surface area contributed by atoms with Crippen molar-refractivity contribution >= 4 is 34.6 Å². The highest BCUT2D eigenvalue weighted by Crippen LogP contribution is 2.33. The number of carbonyl (C=O) groups excluding carboxylic acids is 2. The summed E-state index contributed by atoms with van der Waals surface area (Å²) in [6.07, 6.45) is -4.95. The van der Waals surface area contributed by atoms with E-state index in [9.17, 15) is 22.8 Å². The molecule has 2 unspecified atom stereocenters. The molecule has 1 saturated heterocycles. The van der Waals surface area contributed by atoms with Crippen LogP contribution in [-0.4, -0.2) is 50.0 Å². The Labute approximate surface area is 260 Å². The van der Waals surface area contributed by atoms with Crippen LogP contribution in [0.15, 0.2) is 72.0 Å². The Bertz CT molecular complexity index is 1730. The van der Waals surface area contributed by atoms with Crippen molar-refractivity contribution in [3.63, 3.8) is 0 Å². The molecule has 1 aromatic heterocycles. The maximum absolute atomic E-state index is 15.4. The number of nitrogens with zero attached hydrogens (tertiary/aromatic N) is 5. The van der Waals surface area contributed by atoms with Gasteiger partial charge >= 0.3 is 12.4 Å². The Morgan fingerprint density at radius 2 is 1.69 bits per heavy atom. The first kappa shape index (κ1) is 31.7. The van der Waals surface area contributed by atoms with Gasteiger partial charge in [0.2, 0.25) is 5.91 Å². The number of ether oxygens (including phenoxy) is 1. The molecule has 0 spiro atoms. The van der Waals surface area contributed by atoms with Crippen molar-refractivity contribution in [1.82, 2.24) is 20.1 Å². The van der Waals surface area contributed by atoms with E-state index in [2.05, 4.69) is 25.1 Å². The summed E-state index contributed by atoms with van der Waals surface area (Å²) in [7, 11) is 0. The van der Waals surface area contributed by atoms with Crippen LogP contribution < -0.4 is 15.0 Å². The van der Waals surface area contributed by atoms with Crippen LogP contribution in [0.4, 0.5) is 28.0 Å². The maximum Gasteiger partial charge on any atom is 0.573 e. The molecule has 3 amide bonds. The minimum Gasteiger partial charge on any atom is -0.406 e. The van der Waals surface area contributed by atoms with Gasteiger partial charge in [0, 0.05) is 5.56 Å². The molecule has 0 bridgehead atoms. The number of thioether (sulfide) groups is 1. The second kappa shape index (κ2) is 12.7. The molecule has 1 aliphatic rings. The number of nitrogens with one attached hydrogen (secondary N) is 1. The fraction of sp³-hybridized carbons (Fsp3) is 0.258. The molecular weight excluding hydrogens is 612 g/mol. The van der Waals surface area contributed by atoms with E-state index in [0.29, 0.717) is 28.3 Å². The van der Waals surface area contributed by atoms with Gasteiger partial charge < -0.3 is 10.1 Å². The SMILES string of the molecule is Cc1cc(C)c(N2C(=O)CS/C2=N\C(=O)NC(C)C(F)c2ccc(-c3ncn(-c4ccc(OC(F)(F)F)cc4)n3)cc2)c(C)c1. The number of aryl methyl sites for hydroxylation is 3. The van der Waals surface area contributed by atoms with Gasteiger partial charge in [-0.2, -0.15) is 4.99 Å². The molecule has 2 heterocycles. The third-order valence-corrected chi connectivity index (χ3v) is 7.85. The number of aliphatic imine (C=N–C) groups is 1. The third kappa shape index (κ3) is 7.33. The predicted molar refractivity (Wildman–Crippen MR) is 163 cm³/mol. The Morgan fingerprint density at radius 1 is 1.04 bits per heavy atom. The Hall–Kier alpha value is -4.72. The van der Waals surface area contributed by atoms with Crippen LogP contribution in [0.2, 0.25) is 0 Å². The zero-order valence-electron chi connectivity index (χ0n) is 24.6. The number of rotatable bonds is 7. The number of halogens is 4. The lowest BCUT2D eigenvalue weighted by molar-refractivity contribution is -0.274. The van der Waals surface area contributed by atoms with Gasteiger partial charge in [0.1, 0.15) is 18.2 Å². The van der Waals surface area contributed by atoms with E-state index in [0.717, 1.165) is 28.5 Å². The lowest BCUT2D eigenvalue weighted by atomic mass is 10.0. The van der Waals surface area contributed by atoms with Crippen LogP contribution in [0.5, 0.6) is 5.75 Å².